The van der Waals surface area contributed by atoms with Crippen LogP contribution in [-0.2, 0) is 43.4 Å². The number of hydrogen-bond donors (Lipinski definition) is 5. The van der Waals surface area contributed by atoms with Gasteiger partial charge in [-0.25, -0.2) is 9.59 Å². The SMILES string of the molecule is CSCC[C@H](NC(=O)c1cccc2c1CCNC2)C(=O)NCC(=O)N[C@@H](CCCCNC(=O)OCc1ccccc1)C(=O)OC(C)(C)C. The third-order valence-corrected chi connectivity index (χ3v) is 8.11. The number of amides is 4. The van der Waals surface area contributed by atoms with Gasteiger partial charge < -0.3 is 36.1 Å². The Balaban J connectivity index is 1.50. The zero-order valence-corrected chi connectivity index (χ0v) is 29.1. The van der Waals surface area contributed by atoms with Crippen LogP contribution in [0.15, 0.2) is 48.5 Å². The Morgan fingerprint density at radius 3 is 2.42 bits per heavy atom. The number of esters is 1. The highest BCUT2D eigenvalue weighted by atomic mass is 32.2. The molecule has 12 nitrogen and oxygen atoms in total. The molecule has 48 heavy (non-hydrogen) atoms. The van der Waals surface area contributed by atoms with E-state index in [9.17, 15) is 24.0 Å². The van der Waals surface area contributed by atoms with Crippen molar-refractivity contribution >= 4 is 41.5 Å². The Hall–Kier alpha value is -4.10. The van der Waals surface area contributed by atoms with Crippen molar-refractivity contribution in [3.63, 3.8) is 0 Å². The van der Waals surface area contributed by atoms with Gasteiger partial charge in [-0.15, -0.1) is 0 Å². The average molecular weight is 684 g/mol. The summed E-state index contributed by atoms with van der Waals surface area (Å²) >= 11 is 1.55. The van der Waals surface area contributed by atoms with E-state index in [1.54, 1.807) is 38.6 Å². The molecule has 5 N–H and O–H groups in total. The molecule has 2 aromatic rings. The molecule has 2 atom stereocenters. The Morgan fingerprint density at radius 2 is 1.69 bits per heavy atom. The summed E-state index contributed by atoms with van der Waals surface area (Å²) in [5, 5.41) is 14.1. The van der Waals surface area contributed by atoms with E-state index in [0.29, 0.717) is 43.7 Å². The molecule has 1 aliphatic rings. The van der Waals surface area contributed by atoms with Gasteiger partial charge >= 0.3 is 12.1 Å². The predicted molar refractivity (Wildman–Crippen MR) is 185 cm³/mol. The molecule has 2 aromatic carbocycles. The fraction of sp³-hybridized carbons (Fsp3) is 0.514. The number of benzene rings is 2. The second kappa shape index (κ2) is 19.7. The molecule has 13 heteroatoms. The number of fused-ring (bicyclic) bond motifs is 1. The molecule has 4 amide bonds. The average Bonchev–Trinajstić information content (AvgIpc) is 3.06. The molecule has 0 bridgehead atoms. The summed E-state index contributed by atoms with van der Waals surface area (Å²) in [7, 11) is 0. The van der Waals surface area contributed by atoms with Crippen LogP contribution in [-0.4, -0.2) is 79.1 Å². The molecule has 0 unspecified atom stereocenters. The van der Waals surface area contributed by atoms with E-state index in [1.165, 1.54) is 0 Å². The van der Waals surface area contributed by atoms with Gasteiger partial charge in [0.15, 0.2) is 0 Å². The second-order valence-corrected chi connectivity index (χ2v) is 13.5. The monoisotopic (exact) mass is 683 g/mol. The highest BCUT2D eigenvalue weighted by Gasteiger charge is 2.28. The van der Waals surface area contributed by atoms with Crippen molar-refractivity contribution < 1.29 is 33.4 Å². The molecule has 0 radical (unpaired) electrons. The first-order valence-electron chi connectivity index (χ1n) is 16.3. The van der Waals surface area contributed by atoms with Crippen LogP contribution in [0.4, 0.5) is 4.79 Å². The maximum Gasteiger partial charge on any atom is 0.407 e. The van der Waals surface area contributed by atoms with E-state index >= 15 is 0 Å². The van der Waals surface area contributed by atoms with Crippen LogP contribution in [0.5, 0.6) is 0 Å². The van der Waals surface area contributed by atoms with Crippen LogP contribution in [0.3, 0.4) is 0 Å². The van der Waals surface area contributed by atoms with E-state index in [1.807, 2.05) is 48.7 Å². The predicted octanol–water partition coefficient (Wildman–Crippen LogP) is 3.22. The number of alkyl carbamates (subject to hydrolysis) is 1. The minimum atomic E-state index is -0.954. The quantitative estimate of drug-likeness (QED) is 0.124. The number of nitrogens with one attached hydrogen (secondary N) is 5. The van der Waals surface area contributed by atoms with Gasteiger partial charge in [0, 0.05) is 18.7 Å². The number of carbonyl (C=O) groups is 5. The van der Waals surface area contributed by atoms with Gasteiger partial charge in [-0.05, 0) is 94.2 Å². The maximum atomic E-state index is 13.3. The number of thioether (sulfide) groups is 1. The Morgan fingerprint density at radius 1 is 0.917 bits per heavy atom. The van der Waals surface area contributed by atoms with Gasteiger partial charge in [0.2, 0.25) is 11.8 Å². The van der Waals surface area contributed by atoms with Crippen LogP contribution in [0.2, 0.25) is 0 Å². The first-order valence-corrected chi connectivity index (χ1v) is 17.7. The molecule has 0 aliphatic carbocycles. The standard InChI is InChI=1S/C35H49N5O7S/c1-35(2,3)47-33(44)29(15-8-9-18-37-34(45)46-23-24-11-6-5-7-12-24)39-30(41)22-38-32(43)28(17-20-48-4)40-31(42)27-14-10-13-25-21-36-19-16-26(25)27/h5-7,10-14,28-29,36H,8-9,15-23H2,1-4H3,(H,37,45)(H,38,43)(H,39,41)(H,40,42)/t28-,29-/m0/s1. The molecule has 0 saturated carbocycles. The van der Waals surface area contributed by atoms with E-state index in [0.717, 1.165) is 29.7 Å². The van der Waals surface area contributed by atoms with Crippen molar-refractivity contribution in [1.82, 2.24) is 26.6 Å². The smallest absolute Gasteiger partial charge is 0.407 e. The normalized spacial score (nSPS) is 13.7. The van der Waals surface area contributed by atoms with Crippen molar-refractivity contribution in [3.05, 3.63) is 70.8 Å². The molecule has 262 valence electrons. The molecule has 0 aromatic heterocycles. The van der Waals surface area contributed by atoms with E-state index in [-0.39, 0.29) is 25.5 Å². The summed E-state index contributed by atoms with van der Waals surface area (Å²) < 4.78 is 10.7. The third-order valence-electron chi connectivity index (χ3n) is 7.47. The van der Waals surface area contributed by atoms with Crippen LogP contribution >= 0.6 is 11.8 Å². The zero-order chi connectivity index (χ0) is 34.9. The molecule has 3 rings (SSSR count). The van der Waals surface area contributed by atoms with Crippen LogP contribution in [0.1, 0.15) is 73.5 Å². The van der Waals surface area contributed by atoms with Crippen LogP contribution in [0, 0.1) is 0 Å². The maximum absolute atomic E-state index is 13.3. The van der Waals surface area contributed by atoms with Gasteiger partial charge in [0.05, 0.1) is 6.54 Å². The fourth-order valence-electron chi connectivity index (χ4n) is 5.08. The molecular formula is C35H49N5O7S. The molecule has 0 saturated heterocycles. The number of carbonyl (C=O) groups excluding carboxylic acids is 5. The third kappa shape index (κ3) is 13.6. The zero-order valence-electron chi connectivity index (χ0n) is 28.3. The van der Waals surface area contributed by atoms with Crippen molar-refractivity contribution in [2.24, 2.45) is 0 Å². The Bertz CT molecular complexity index is 1380. The first kappa shape index (κ1) is 38.3. The number of unbranched alkanes of at least 4 members (excludes halogenated alkanes) is 1. The van der Waals surface area contributed by atoms with Crippen molar-refractivity contribution in [3.8, 4) is 0 Å². The van der Waals surface area contributed by atoms with Crippen molar-refractivity contribution in [1.29, 1.82) is 0 Å². The number of ether oxygens (including phenoxy) is 2. The summed E-state index contributed by atoms with van der Waals surface area (Å²) in [4.78, 5) is 64.3. The summed E-state index contributed by atoms with van der Waals surface area (Å²) in [6, 6.07) is 13.1. The fourth-order valence-corrected chi connectivity index (χ4v) is 5.55. The van der Waals surface area contributed by atoms with Crippen molar-refractivity contribution in [2.75, 3.05) is 31.6 Å². The van der Waals surface area contributed by atoms with Gasteiger partial charge in [0.25, 0.3) is 5.91 Å². The highest BCUT2D eigenvalue weighted by molar-refractivity contribution is 7.98. The number of hydrogen-bond acceptors (Lipinski definition) is 9. The van der Waals surface area contributed by atoms with Gasteiger partial charge in [-0.1, -0.05) is 42.5 Å². The lowest BCUT2D eigenvalue weighted by atomic mass is 9.95. The van der Waals surface area contributed by atoms with Crippen LogP contribution < -0.4 is 26.6 Å². The molecule has 0 spiro atoms. The highest BCUT2D eigenvalue weighted by Crippen LogP contribution is 2.19. The summed E-state index contributed by atoms with van der Waals surface area (Å²) in [6.07, 6.45) is 3.76. The Labute approximate surface area is 287 Å². The summed E-state index contributed by atoms with van der Waals surface area (Å²) in [5.74, 6) is -1.35. The van der Waals surface area contributed by atoms with Crippen molar-refractivity contribution in [2.45, 2.75) is 83.7 Å². The second-order valence-electron chi connectivity index (χ2n) is 12.5. The lowest BCUT2D eigenvalue weighted by molar-refractivity contribution is -0.158. The Kier molecular flexibility index (Phi) is 15.7. The largest absolute Gasteiger partial charge is 0.458 e. The topological polar surface area (TPSA) is 164 Å². The number of rotatable bonds is 17. The van der Waals surface area contributed by atoms with Gasteiger partial charge in [-0.2, -0.15) is 11.8 Å². The molecular weight excluding hydrogens is 634 g/mol. The van der Waals surface area contributed by atoms with Gasteiger partial charge in [0.1, 0.15) is 24.3 Å². The lowest BCUT2D eigenvalue weighted by Gasteiger charge is -2.25. The minimum Gasteiger partial charge on any atom is -0.458 e. The minimum absolute atomic E-state index is 0.160. The molecule has 1 aliphatic heterocycles. The van der Waals surface area contributed by atoms with Crippen LogP contribution in [0.25, 0.3) is 0 Å². The van der Waals surface area contributed by atoms with E-state index in [4.69, 9.17) is 9.47 Å². The van der Waals surface area contributed by atoms with Gasteiger partial charge in [-0.3, -0.25) is 14.4 Å². The lowest BCUT2D eigenvalue weighted by Crippen LogP contribution is -2.51. The first-order chi connectivity index (χ1) is 23.0. The molecule has 0 fully saturated rings. The summed E-state index contributed by atoms with van der Waals surface area (Å²) in [5.41, 5.74) is 2.70. The molecule has 1 heterocycles. The van der Waals surface area contributed by atoms with E-state index in [2.05, 4.69) is 26.6 Å². The summed E-state index contributed by atoms with van der Waals surface area (Å²) in [6.45, 7) is 6.77. The van der Waals surface area contributed by atoms with E-state index < -0.39 is 41.6 Å².